The summed E-state index contributed by atoms with van der Waals surface area (Å²) >= 11 is 0. The molecule has 0 aliphatic carbocycles. The molecule has 5 heterocycles. The summed E-state index contributed by atoms with van der Waals surface area (Å²) in [6.45, 7) is 0. The third kappa shape index (κ3) is 2.64. The molecule has 7 heteroatoms. The molecule has 6 aromatic rings. The highest BCUT2D eigenvalue weighted by Crippen LogP contribution is 2.34. The van der Waals surface area contributed by atoms with Gasteiger partial charge in [0.25, 0.3) is 0 Å². The van der Waals surface area contributed by atoms with Gasteiger partial charge in [0.2, 0.25) is 0 Å². The zero-order chi connectivity index (χ0) is 19.9. The third-order valence-electron chi connectivity index (χ3n) is 5.25. The first-order chi connectivity index (χ1) is 14.9. The number of H-pyrrole nitrogens is 2. The Morgan fingerprint density at radius 3 is 2.37 bits per heavy atom. The molecule has 0 spiro atoms. The fourth-order valence-corrected chi connectivity index (χ4v) is 3.79. The summed E-state index contributed by atoms with van der Waals surface area (Å²) in [5, 5.41) is 9.83. The Bertz CT molecular complexity index is 1480. The minimum atomic E-state index is 0.862. The number of nitrogens with zero attached hydrogens (tertiary/aromatic N) is 5. The summed E-state index contributed by atoms with van der Waals surface area (Å²) in [5.74, 6) is 0. The molecule has 0 bridgehead atoms. The summed E-state index contributed by atoms with van der Waals surface area (Å²) < 4.78 is 0. The van der Waals surface area contributed by atoms with Crippen molar-refractivity contribution < 1.29 is 0 Å². The van der Waals surface area contributed by atoms with Crippen LogP contribution >= 0.6 is 0 Å². The van der Waals surface area contributed by atoms with E-state index >= 15 is 0 Å². The Kier molecular flexibility index (Phi) is 3.64. The maximum atomic E-state index is 4.58. The molecule has 0 radical (unpaired) electrons. The summed E-state index contributed by atoms with van der Waals surface area (Å²) in [4.78, 5) is 20.2. The van der Waals surface area contributed by atoms with Crippen LogP contribution in [0.4, 0.5) is 0 Å². The Balaban J connectivity index is 1.52. The van der Waals surface area contributed by atoms with E-state index in [2.05, 4.69) is 47.2 Å². The van der Waals surface area contributed by atoms with Gasteiger partial charge in [0.05, 0.1) is 22.9 Å². The fraction of sp³-hybridized carbons (Fsp3) is 0. The third-order valence-corrected chi connectivity index (χ3v) is 5.25. The first kappa shape index (κ1) is 16.6. The summed E-state index contributed by atoms with van der Waals surface area (Å²) in [5.41, 5.74) is 7.86. The van der Waals surface area contributed by atoms with E-state index < -0.39 is 0 Å². The molecule has 0 saturated heterocycles. The predicted molar refractivity (Wildman–Crippen MR) is 115 cm³/mol. The smallest absolute Gasteiger partial charge is 0.116 e. The number of pyridine rings is 2. The lowest BCUT2D eigenvalue weighted by Gasteiger charge is -2.01. The van der Waals surface area contributed by atoms with Gasteiger partial charge < -0.3 is 4.98 Å². The molecule has 0 atom stereocenters. The van der Waals surface area contributed by atoms with Crippen molar-refractivity contribution in [3.05, 3.63) is 79.9 Å². The average molecular weight is 389 g/mol. The lowest BCUT2D eigenvalue weighted by atomic mass is 10.0. The molecule has 1 aromatic carbocycles. The van der Waals surface area contributed by atoms with E-state index in [1.54, 1.807) is 12.4 Å². The first-order valence-electron chi connectivity index (χ1n) is 9.48. The molecule has 0 aliphatic heterocycles. The highest BCUT2D eigenvalue weighted by atomic mass is 15.1. The van der Waals surface area contributed by atoms with Gasteiger partial charge in [-0.1, -0.05) is 6.07 Å². The summed E-state index contributed by atoms with van der Waals surface area (Å²) in [7, 11) is 0. The van der Waals surface area contributed by atoms with E-state index in [-0.39, 0.29) is 0 Å². The second-order valence-electron chi connectivity index (χ2n) is 7.03. The van der Waals surface area contributed by atoms with Crippen molar-refractivity contribution in [2.45, 2.75) is 0 Å². The maximum Gasteiger partial charge on any atom is 0.116 e. The van der Waals surface area contributed by atoms with Gasteiger partial charge in [-0.2, -0.15) is 5.10 Å². The van der Waals surface area contributed by atoms with Crippen molar-refractivity contribution in [3.63, 3.8) is 0 Å². The molecule has 6 rings (SSSR count). The molecule has 0 saturated carbocycles. The number of nitrogens with one attached hydrogen (secondary N) is 2. The van der Waals surface area contributed by atoms with Gasteiger partial charge in [0, 0.05) is 52.9 Å². The molecule has 7 nitrogen and oxygen atoms in total. The fourth-order valence-electron chi connectivity index (χ4n) is 3.79. The van der Waals surface area contributed by atoms with Crippen molar-refractivity contribution in [1.29, 1.82) is 0 Å². The highest BCUT2D eigenvalue weighted by Gasteiger charge is 2.14. The number of hydrogen-bond donors (Lipinski definition) is 2. The van der Waals surface area contributed by atoms with Gasteiger partial charge in [-0.25, -0.2) is 9.97 Å². The summed E-state index contributed by atoms with van der Waals surface area (Å²) in [6, 6.07) is 12.3. The molecule has 5 aromatic heterocycles. The van der Waals surface area contributed by atoms with Crippen molar-refractivity contribution in [2.24, 2.45) is 0 Å². The normalized spacial score (nSPS) is 11.3. The first-order valence-corrected chi connectivity index (χ1v) is 9.48. The van der Waals surface area contributed by atoms with E-state index in [0.717, 1.165) is 55.4 Å². The van der Waals surface area contributed by atoms with Gasteiger partial charge in [0.1, 0.15) is 12.0 Å². The van der Waals surface area contributed by atoms with Crippen molar-refractivity contribution >= 4 is 21.8 Å². The Hall–Kier alpha value is -4.39. The zero-order valence-electron chi connectivity index (χ0n) is 15.7. The van der Waals surface area contributed by atoms with Crippen molar-refractivity contribution in [3.8, 4) is 33.6 Å². The van der Waals surface area contributed by atoms with Gasteiger partial charge in [0.15, 0.2) is 0 Å². The molecule has 0 fully saturated rings. The van der Waals surface area contributed by atoms with E-state index in [9.17, 15) is 0 Å². The monoisotopic (exact) mass is 389 g/mol. The van der Waals surface area contributed by atoms with Crippen LogP contribution in [0.5, 0.6) is 0 Å². The topological polar surface area (TPSA) is 96.0 Å². The van der Waals surface area contributed by atoms with Gasteiger partial charge in [-0.15, -0.1) is 0 Å². The number of aromatic amines is 2. The number of hydrogen-bond acceptors (Lipinski definition) is 5. The molecule has 2 N–H and O–H groups in total. The van der Waals surface area contributed by atoms with Crippen molar-refractivity contribution in [1.82, 2.24) is 35.1 Å². The van der Waals surface area contributed by atoms with Crippen LogP contribution in [-0.4, -0.2) is 35.1 Å². The Morgan fingerprint density at radius 1 is 0.633 bits per heavy atom. The van der Waals surface area contributed by atoms with Crippen LogP contribution in [0.25, 0.3) is 55.4 Å². The largest absolute Gasteiger partial charge is 0.352 e. The SMILES string of the molecule is c1cc(-c2cncc3[nH]c(-c4n[nH]c5ccc(-c6cncnc6)cc45)cc23)ccn1. The number of aromatic nitrogens is 7. The summed E-state index contributed by atoms with van der Waals surface area (Å²) in [6.07, 6.45) is 12.4. The second-order valence-corrected chi connectivity index (χ2v) is 7.03. The van der Waals surface area contributed by atoms with E-state index in [4.69, 9.17) is 0 Å². The number of rotatable bonds is 3. The van der Waals surface area contributed by atoms with Crippen LogP contribution < -0.4 is 0 Å². The zero-order valence-corrected chi connectivity index (χ0v) is 15.7. The van der Waals surface area contributed by atoms with Gasteiger partial charge in [-0.3, -0.25) is 15.1 Å². The molecule has 142 valence electrons. The van der Waals surface area contributed by atoms with Crippen LogP contribution in [0.15, 0.2) is 79.9 Å². The van der Waals surface area contributed by atoms with Crippen LogP contribution in [0.2, 0.25) is 0 Å². The highest BCUT2D eigenvalue weighted by molar-refractivity contribution is 6.01. The van der Waals surface area contributed by atoms with Gasteiger partial charge in [-0.05, 0) is 41.5 Å². The molecule has 0 unspecified atom stereocenters. The quantitative estimate of drug-likeness (QED) is 0.460. The van der Waals surface area contributed by atoms with E-state index in [1.807, 2.05) is 49.1 Å². The average Bonchev–Trinajstić information content (AvgIpc) is 3.43. The second kappa shape index (κ2) is 6.59. The molecule has 0 amide bonds. The van der Waals surface area contributed by atoms with Gasteiger partial charge >= 0.3 is 0 Å². The Morgan fingerprint density at radius 2 is 1.50 bits per heavy atom. The number of fused-ring (bicyclic) bond motifs is 2. The minimum Gasteiger partial charge on any atom is -0.352 e. The molecule has 30 heavy (non-hydrogen) atoms. The van der Waals surface area contributed by atoms with Crippen LogP contribution in [0, 0.1) is 0 Å². The maximum absolute atomic E-state index is 4.58. The molecule has 0 aliphatic rings. The van der Waals surface area contributed by atoms with E-state index in [1.165, 1.54) is 6.33 Å². The lowest BCUT2D eigenvalue weighted by Crippen LogP contribution is -1.83. The molecular weight excluding hydrogens is 374 g/mol. The van der Waals surface area contributed by atoms with Crippen molar-refractivity contribution in [2.75, 3.05) is 0 Å². The van der Waals surface area contributed by atoms with Crippen LogP contribution in [0.3, 0.4) is 0 Å². The molecular formula is C23H15N7. The lowest BCUT2D eigenvalue weighted by molar-refractivity contribution is 1.12. The number of benzene rings is 1. The Labute approximate surface area is 170 Å². The predicted octanol–water partition coefficient (Wildman–Crippen LogP) is 4.63. The van der Waals surface area contributed by atoms with Crippen LogP contribution in [0.1, 0.15) is 0 Å². The van der Waals surface area contributed by atoms with E-state index in [0.29, 0.717) is 0 Å². The minimum absolute atomic E-state index is 0.862. The standard InChI is InChI=1S/C23H15N7/c1-2-20-18(7-15(1)16-9-26-13-27-10-16)23(30-29-20)21-8-17-19(11-25-12-22(17)28-21)14-3-5-24-6-4-14/h1-13,28H,(H,29,30). The van der Waals surface area contributed by atoms with Crippen LogP contribution in [-0.2, 0) is 0 Å².